The summed E-state index contributed by atoms with van der Waals surface area (Å²) in [6.07, 6.45) is 0. The quantitative estimate of drug-likeness (QED) is 0.465. The number of nitrogens with zero attached hydrogens (tertiary/aromatic N) is 1. The van der Waals surface area contributed by atoms with Crippen LogP contribution in [0.2, 0.25) is 5.02 Å². The minimum Gasteiger partial charge on any atom is -0.497 e. The molecule has 0 saturated carbocycles. The number of halogens is 1. The molecule has 1 unspecified atom stereocenters. The van der Waals surface area contributed by atoms with Crippen LogP contribution in [0.4, 0.5) is 0 Å². The Morgan fingerprint density at radius 2 is 2.19 bits per heavy atom. The Morgan fingerprint density at radius 3 is 2.62 bits per heavy atom. The third kappa shape index (κ3) is 2.63. The van der Waals surface area contributed by atoms with Gasteiger partial charge < -0.3 is 10.5 Å². The Balaban J connectivity index is 3.00. The highest BCUT2D eigenvalue weighted by Crippen LogP contribution is 2.26. The number of ether oxygens (including phenoxy) is 1. The molecule has 0 radical (unpaired) electrons. The number of likely N-dealkylation sites (N-methyl/N-ethyl adjacent to an activating group) is 1. The topological polar surface area (TPSA) is 81.6 Å². The molecule has 0 aliphatic heterocycles. The van der Waals surface area contributed by atoms with Gasteiger partial charge in [-0.25, -0.2) is 5.84 Å². The molecule has 0 spiro atoms. The van der Waals surface area contributed by atoms with Crippen LogP contribution in [-0.2, 0) is 4.79 Å². The van der Waals surface area contributed by atoms with Crippen LogP contribution in [0.1, 0.15) is 11.6 Å². The van der Waals surface area contributed by atoms with Crippen LogP contribution in [0.3, 0.4) is 0 Å². The van der Waals surface area contributed by atoms with Gasteiger partial charge in [0.15, 0.2) is 0 Å². The normalized spacial score (nSPS) is 12.1. The molecule has 16 heavy (non-hydrogen) atoms. The van der Waals surface area contributed by atoms with E-state index in [0.29, 0.717) is 16.3 Å². The maximum absolute atomic E-state index is 11.5. The van der Waals surface area contributed by atoms with E-state index in [1.165, 1.54) is 14.2 Å². The number of benzene rings is 1. The Hall–Kier alpha value is -1.30. The smallest absolute Gasteiger partial charge is 0.257 e. The summed E-state index contributed by atoms with van der Waals surface area (Å²) < 4.78 is 4.99. The van der Waals surface area contributed by atoms with Crippen LogP contribution >= 0.6 is 11.6 Å². The van der Waals surface area contributed by atoms with Crippen LogP contribution in [0, 0.1) is 0 Å². The second-order valence-electron chi connectivity index (χ2n) is 3.31. The number of hydrogen-bond donors (Lipinski definition) is 2. The van der Waals surface area contributed by atoms with Gasteiger partial charge in [-0.15, -0.1) is 0 Å². The molecule has 0 aliphatic rings. The number of carbonyl (C=O) groups excluding carboxylic acids is 1. The second kappa shape index (κ2) is 5.16. The fourth-order valence-corrected chi connectivity index (χ4v) is 1.53. The third-order valence-electron chi connectivity index (χ3n) is 2.16. The van der Waals surface area contributed by atoms with E-state index >= 15 is 0 Å². The Morgan fingerprint density at radius 1 is 1.56 bits per heavy atom. The van der Waals surface area contributed by atoms with Crippen molar-refractivity contribution in [2.24, 2.45) is 11.6 Å². The molecule has 0 aromatic heterocycles. The highest BCUT2D eigenvalue weighted by atomic mass is 35.5. The first kappa shape index (κ1) is 12.8. The van der Waals surface area contributed by atoms with E-state index in [1.807, 2.05) is 0 Å². The number of amides is 1. The number of hydrazine groups is 1. The van der Waals surface area contributed by atoms with Crippen molar-refractivity contribution in [3.63, 3.8) is 0 Å². The van der Waals surface area contributed by atoms with Gasteiger partial charge in [-0.1, -0.05) is 17.7 Å². The Bertz CT molecular complexity index is 396. The van der Waals surface area contributed by atoms with Gasteiger partial charge in [0.2, 0.25) is 0 Å². The molecule has 0 fully saturated rings. The maximum Gasteiger partial charge on any atom is 0.257 e. The Kier molecular flexibility index (Phi) is 4.12. The number of hydrogen-bond acceptors (Lipinski definition) is 4. The van der Waals surface area contributed by atoms with E-state index in [2.05, 4.69) is 0 Å². The summed E-state index contributed by atoms with van der Waals surface area (Å²) in [5.74, 6) is 5.51. The molecule has 6 heteroatoms. The molecular weight excluding hydrogens is 230 g/mol. The van der Waals surface area contributed by atoms with Crippen LogP contribution in [0.15, 0.2) is 18.2 Å². The molecule has 1 aromatic carbocycles. The van der Waals surface area contributed by atoms with Gasteiger partial charge in [0.05, 0.1) is 7.11 Å². The third-order valence-corrected chi connectivity index (χ3v) is 2.48. The van der Waals surface area contributed by atoms with Crippen molar-refractivity contribution in [1.29, 1.82) is 0 Å². The van der Waals surface area contributed by atoms with E-state index in [9.17, 15) is 4.79 Å². The van der Waals surface area contributed by atoms with Crippen molar-refractivity contribution >= 4 is 17.5 Å². The van der Waals surface area contributed by atoms with E-state index < -0.39 is 11.9 Å². The first-order valence-corrected chi connectivity index (χ1v) is 4.96. The average Bonchev–Trinajstić information content (AvgIpc) is 2.26. The molecule has 1 aromatic rings. The first-order valence-electron chi connectivity index (χ1n) is 4.58. The van der Waals surface area contributed by atoms with Crippen LogP contribution < -0.4 is 16.3 Å². The fraction of sp³-hybridized carbons (Fsp3) is 0.300. The summed E-state index contributed by atoms with van der Waals surface area (Å²) in [6.45, 7) is 0. The molecule has 0 heterocycles. The molecule has 1 rings (SSSR count). The van der Waals surface area contributed by atoms with Gasteiger partial charge in [-0.2, -0.15) is 0 Å². The summed E-state index contributed by atoms with van der Waals surface area (Å²) in [4.78, 5) is 11.5. The van der Waals surface area contributed by atoms with E-state index in [4.69, 9.17) is 27.9 Å². The number of methoxy groups -OCH3 is 1. The van der Waals surface area contributed by atoms with Crippen molar-refractivity contribution in [2.45, 2.75) is 6.04 Å². The van der Waals surface area contributed by atoms with E-state index in [-0.39, 0.29) is 0 Å². The van der Waals surface area contributed by atoms with Gasteiger partial charge in [-0.05, 0) is 17.7 Å². The zero-order valence-electron chi connectivity index (χ0n) is 9.11. The van der Waals surface area contributed by atoms with Gasteiger partial charge in [0.25, 0.3) is 5.91 Å². The predicted octanol–water partition coefficient (Wildman–Crippen LogP) is 0.681. The molecular formula is C10H14ClN3O2. The number of carbonyl (C=O) groups is 1. The number of rotatable bonds is 3. The first-order chi connectivity index (χ1) is 7.47. The predicted molar refractivity (Wildman–Crippen MR) is 61.9 cm³/mol. The van der Waals surface area contributed by atoms with Gasteiger partial charge >= 0.3 is 0 Å². The van der Waals surface area contributed by atoms with Crippen molar-refractivity contribution in [3.8, 4) is 5.75 Å². The molecule has 5 nitrogen and oxygen atoms in total. The molecule has 0 aliphatic carbocycles. The summed E-state index contributed by atoms with van der Waals surface area (Å²) in [5, 5.41) is 1.31. The van der Waals surface area contributed by atoms with Crippen molar-refractivity contribution in [1.82, 2.24) is 5.01 Å². The molecule has 4 N–H and O–H groups in total. The van der Waals surface area contributed by atoms with Gasteiger partial charge in [0, 0.05) is 12.1 Å². The van der Waals surface area contributed by atoms with E-state index in [1.54, 1.807) is 18.2 Å². The van der Waals surface area contributed by atoms with E-state index in [0.717, 1.165) is 5.01 Å². The second-order valence-corrected chi connectivity index (χ2v) is 3.72. The lowest BCUT2D eigenvalue weighted by atomic mass is 10.1. The standard InChI is InChI=1S/C10H14ClN3O2/c1-14(13)10(15)9(12)7-4-3-6(16-2)5-8(7)11/h3-5,9H,12-13H2,1-2H3. The summed E-state index contributed by atoms with van der Waals surface area (Å²) in [5.41, 5.74) is 6.25. The molecule has 1 atom stereocenters. The van der Waals surface area contributed by atoms with Crippen LogP contribution in [0.25, 0.3) is 0 Å². The summed E-state index contributed by atoms with van der Waals surface area (Å²) in [7, 11) is 2.96. The fourth-order valence-electron chi connectivity index (χ4n) is 1.24. The minimum atomic E-state index is -0.867. The SMILES string of the molecule is COc1ccc(C(N)C(=O)N(C)N)c(Cl)c1. The monoisotopic (exact) mass is 243 g/mol. The highest BCUT2D eigenvalue weighted by molar-refractivity contribution is 6.31. The van der Waals surface area contributed by atoms with Gasteiger partial charge in [0.1, 0.15) is 11.8 Å². The van der Waals surface area contributed by atoms with Crippen LogP contribution in [-0.4, -0.2) is 25.1 Å². The van der Waals surface area contributed by atoms with Gasteiger partial charge in [-0.3, -0.25) is 9.80 Å². The summed E-state index contributed by atoms with van der Waals surface area (Å²) >= 11 is 5.98. The maximum atomic E-state index is 11.5. The largest absolute Gasteiger partial charge is 0.497 e. The zero-order chi connectivity index (χ0) is 12.3. The molecule has 1 amide bonds. The Labute approximate surface area is 98.9 Å². The highest BCUT2D eigenvalue weighted by Gasteiger charge is 2.20. The van der Waals surface area contributed by atoms with Crippen molar-refractivity contribution in [3.05, 3.63) is 28.8 Å². The van der Waals surface area contributed by atoms with Crippen molar-refractivity contribution < 1.29 is 9.53 Å². The zero-order valence-corrected chi connectivity index (χ0v) is 9.86. The number of nitrogens with two attached hydrogens (primary N) is 2. The minimum absolute atomic E-state index is 0.377. The van der Waals surface area contributed by atoms with Crippen molar-refractivity contribution in [2.75, 3.05) is 14.2 Å². The molecule has 0 saturated heterocycles. The van der Waals surface area contributed by atoms with Crippen LogP contribution in [0.5, 0.6) is 5.75 Å². The lowest BCUT2D eigenvalue weighted by molar-refractivity contribution is -0.131. The lowest BCUT2D eigenvalue weighted by Crippen LogP contribution is -2.40. The average molecular weight is 244 g/mol. The molecule has 0 bridgehead atoms. The lowest BCUT2D eigenvalue weighted by Gasteiger charge is -2.17. The molecule has 88 valence electrons. The summed E-state index contributed by atoms with van der Waals surface area (Å²) in [6, 6.07) is 4.06.